The summed E-state index contributed by atoms with van der Waals surface area (Å²) in [6, 6.07) is 12.0. The highest BCUT2D eigenvalue weighted by molar-refractivity contribution is 6.30. The fourth-order valence-corrected chi connectivity index (χ4v) is 6.39. The van der Waals surface area contributed by atoms with E-state index in [4.69, 9.17) is 22.1 Å². The molecule has 14 heteroatoms. The summed E-state index contributed by atoms with van der Waals surface area (Å²) in [5.74, 6) is -2.77. The van der Waals surface area contributed by atoms with Gasteiger partial charge in [-0.25, -0.2) is 0 Å². The van der Waals surface area contributed by atoms with E-state index >= 15 is 0 Å². The van der Waals surface area contributed by atoms with Gasteiger partial charge in [0, 0.05) is 42.3 Å². The predicted molar refractivity (Wildman–Crippen MR) is 169 cm³/mol. The molecule has 2 aliphatic rings. The number of nitrogens with two attached hydrogens (primary N) is 1. The van der Waals surface area contributed by atoms with Gasteiger partial charge in [0.1, 0.15) is 11.9 Å². The number of nitrogens with zero attached hydrogens (tertiary/aromatic N) is 3. The van der Waals surface area contributed by atoms with Crippen LogP contribution in [0.5, 0.6) is 5.88 Å². The van der Waals surface area contributed by atoms with Gasteiger partial charge in [0.05, 0.1) is 0 Å². The van der Waals surface area contributed by atoms with E-state index in [9.17, 15) is 27.9 Å². The van der Waals surface area contributed by atoms with Crippen LogP contribution in [0, 0.1) is 5.41 Å². The zero-order valence-electron chi connectivity index (χ0n) is 25.0. The van der Waals surface area contributed by atoms with Gasteiger partial charge in [-0.15, -0.1) is 0 Å². The van der Waals surface area contributed by atoms with E-state index in [1.165, 1.54) is 25.1 Å². The number of piperidine rings is 1. The summed E-state index contributed by atoms with van der Waals surface area (Å²) in [5, 5.41) is 15.4. The smallest absolute Gasteiger partial charge is 0.426 e. The first-order chi connectivity index (χ1) is 21.8. The van der Waals surface area contributed by atoms with Gasteiger partial charge >= 0.3 is 12.1 Å². The quantitative estimate of drug-likeness (QED) is 0.215. The number of benzene rings is 2. The topological polar surface area (TPSA) is 143 Å². The van der Waals surface area contributed by atoms with Crippen LogP contribution in [0.15, 0.2) is 61.2 Å². The van der Waals surface area contributed by atoms with Crippen molar-refractivity contribution in [2.75, 3.05) is 35.6 Å². The summed E-state index contributed by atoms with van der Waals surface area (Å²) >= 11 is 6.28. The number of carboxylic acid groups (broad SMARTS) is 1. The maximum atomic E-state index is 14.7. The largest absolute Gasteiger partial charge is 0.480 e. The molecule has 244 valence electrons. The van der Waals surface area contributed by atoms with E-state index in [0.717, 1.165) is 6.08 Å². The Morgan fingerprint density at radius 2 is 1.96 bits per heavy atom. The number of nitrogens with one attached hydrogen (secondary N) is 2. The fraction of sp³-hybridized carbons (Fsp3) is 0.375. The van der Waals surface area contributed by atoms with Crippen molar-refractivity contribution in [3.63, 3.8) is 0 Å². The Bertz CT molecular complexity index is 1630. The molecule has 2 saturated heterocycles. The summed E-state index contributed by atoms with van der Waals surface area (Å²) < 4.78 is 49.6. The number of carbonyl (C=O) groups excluding carboxylic acids is 1. The number of anilines is 3. The molecule has 3 heterocycles. The maximum Gasteiger partial charge on any atom is 0.426 e. The molecule has 2 aromatic carbocycles. The van der Waals surface area contributed by atoms with Gasteiger partial charge in [0.25, 0.3) is 0 Å². The second-order valence-corrected chi connectivity index (χ2v) is 12.2. The number of alkyl halides is 3. The lowest BCUT2D eigenvalue weighted by Crippen LogP contribution is -2.42. The molecule has 1 amide bonds. The van der Waals surface area contributed by atoms with Crippen molar-refractivity contribution in [3.8, 4) is 17.0 Å². The summed E-state index contributed by atoms with van der Waals surface area (Å²) in [6.07, 6.45) is -4.12. The maximum absolute atomic E-state index is 14.7. The number of carbonyl (C=O) groups is 2. The highest BCUT2D eigenvalue weighted by Gasteiger charge is 2.47. The van der Waals surface area contributed by atoms with Crippen LogP contribution < -0.4 is 26.0 Å². The molecule has 0 radical (unpaired) electrons. The molecule has 5 rings (SSSR count). The molecule has 1 unspecified atom stereocenters. The van der Waals surface area contributed by atoms with Crippen LogP contribution in [0.1, 0.15) is 37.7 Å². The number of nitrogen functional groups attached to an aromatic ring is 1. The van der Waals surface area contributed by atoms with Gasteiger partial charge in [-0.05, 0) is 71.7 Å². The van der Waals surface area contributed by atoms with Crippen molar-refractivity contribution >= 4 is 40.9 Å². The average Bonchev–Trinajstić information content (AvgIpc) is 3.43. The second-order valence-electron chi connectivity index (χ2n) is 11.8. The zero-order valence-corrected chi connectivity index (χ0v) is 25.7. The highest BCUT2D eigenvalue weighted by atomic mass is 35.5. The molecule has 3 atom stereocenters. The minimum atomic E-state index is -4.80. The van der Waals surface area contributed by atoms with Crippen molar-refractivity contribution in [3.05, 3.63) is 71.8 Å². The first kappa shape index (κ1) is 33.0. The second kappa shape index (κ2) is 13.2. The number of aliphatic carboxylic acids is 1. The summed E-state index contributed by atoms with van der Waals surface area (Å²) in [7, 11) is 0. The van der Waals surface area contributed by atoms with Crippen molar-refractivity contribution in [1.82, 2.24) is 15.3 Å². The molecule has 0 aliphatic carbocycles. The Labute approximate surface area is 268 Å². The van der Waals surface area contributed by atoms with Crippen molar-refractivity contribution in [2.24, 2.45) is 5.41 Å². The molecule has 3 aromatic rings. The van der Waals surface area contributed by atoms with Gasteiger partial charge < -0.3 is 31.1 Å². The standard InChI is InChI=1S/C32H34ClF3N6O4/c1-3-26(43)39-21-6-4-5-19(13-21)23-14-20(33)7-8-22(23)18(2)28(32(34,35)36)46-27-15-25(40-30(37)41-27)42-11-9-31(10-12-42)16-24(29(44)45)38-17-31/h3-8,13-15,18,24,28,38H,1,9-12,16-17H2,2H3,(H,39,43)(H,44,45)(H2,37,40,41)/t18?,24-,28+/m0/s1. The van der Waals surface area contributed by atoms with E-state index in [1.807, 2.05) is 4.90 Å². The van der Waals surface area contributed by atoms with Gasteiger partial charge in [0.15, 0.2) is 0 Å². The van der Waals surface area contributed by atoms with Crippen LogP contribution in [0.2, 0.25) is 5.02 Å². The minimum Gasteiger partial charge on any atom is -0.480 e. The average molecular weight is 659 g/mol. The van der Waals surface area contributed by atoms with Crippen LogP contribution in [0.4, 0.5) is 30.6 Å². The van der Waals surface area contributed by atoms with Crippen LogP contribution >= 0.6 is 11.6 Å². The number of hydrogen-bond donors (Lipinski definition) is 4. The fourth-order valence-electron chi connectivity index (χ4n) is 6.21. The third kappa shape index (κ3) is 7.37. The Balaban J connectivity index is 1.39. The molecule has 5 N–H and O–H groups in total. The zero-order chi connectivity index (χ0) is 33.2. The Morgan fingerprint density at radius 1 is 1.22 bits per heavy atom. The van der Waals surface area contributed by atoms with Gasteiger partial charge in [-0.3, -0.25) is 9.59 Å². The predicted octanol–water partition coefficient (Wildman–Crippen LogP) is 5.65. The lowest BCUT2D eigenvalue weighted by molar-refractivity contribution is -0.201. The normalized spacial score (nSPS) is 19.0. The number of ether oxygens (including phenoxy) is 1. The molecule has 10 nitrogen and oxygen atoms in total. The number of hydrogen-bond acceptors (Lipinski definition) is 8. The molecule has 0 bridgehead atoms. The van der Waals surface area contributed by atoms with E-state index in [-0.39, 0.29) is 17.2 Å². The molecule has 0 saturated carbocycles. The molecule has 1 spiro atoms. The number of aromatic nitrogens is 2. The third-order valence-corrected chi connectivity index (χ3v) is 8.91. The van der Waals surface area contributed by atoms with E-state index in [0.29, 0.717) is 72.1 Å². The minimum absolute atomic E-state index is 0.165. The summed E-state index contributed by atoms with van der Waals surface area (Å²) in [6.45, 7) is 6.46. The van der Waals surface area contributed by atoms with Gasteiger partial charge in [-0.1, -0.05) is 43.3 Å². The SMILES string of the molecule is C=CC(=O)Nc1cccc(-c2cc(Cl)ccc2C(C)[C@@H](Oc2cc(N3CCC4(CC3)CN[C@H](C(=O)O)C4)nc(N)n2)C(F)(F)F)c1. The molecular weight excluding hydrogens is 625 g/mol. The highest BCUT2D eigenvalue weighted by Crippen LogP contribution is 2.42. The number of halogens is 4. The lowest BCUT2D eigenvalue weighted by Gasteiger charge is -2.39. The molecule has 2 fully saturated rings. The molecule has 46 heavy (non-hydrogen) atoms. The van der Waals surface area contributed by atoms with Crippen molar-refractivity contribution in [1.29, 1.82) is 0 Å². The van der Waals surface area contributed by atoms with Crippen LogP contribution in [0.3, 0.4) is 0 Å². The monoisotopic (exact) mass is 658 g/mol. The van der Waals surface area contributed by atoms with E-state index < -0.39 is 36.1 Å². The van der Waals surface area contributed by atoms with Crippen molar-refractivity contribution in [2.45, 2.75) is 50.4 Å². The first-order valence-corrected chi connectivity index (χ1v) is 15.1. The number of rotatable bonds is 9. The summed E-state index contributed by atoms with van der Waals surface area (Å²) in [5.41, 5.74) is 7.50. The van der Waals surface area contributed by atoms with Crippen LogP contribution in [0.25, 0.3) is 11.1 Å². The third-order valence-electron chi connectivity index (χ3n) is 8.67. The molecular formula is C32H34ClF3N6O4. The van der Waals surface area contributed by atoms with Gasteiger partial charge in [-0.2, -0.15) is 23.1 Å². The Morgan fingerprint density at radius 3 is 2.61 bits per heavy atom. The lowest BCUT2D eigenvalue weighted by atomic mass is 9.76. The van der Waals surface area contributed by atoms with E-state index in [1.54, 1.807) is 30.3 Å². The Kier molecular flexibility index (Phi) is 9.45. The van der Waals surface area contributed by atoms with Crippen molar-refractivity contribution < 1.29 is 32.6 Å². The first-order valence-electron chi connectivity index (χ1n) is 14.7. The van der Waals surface area contributed by atoms with Crippen LogP contribution in [-0.2, 0) is 9.59 Å². The number of amides is 1. The molecule has 1 aromatic heterocycles. The van der Waals surface area contributed by atoms with Gasteiger partial charge in [0.2, 0.25) is 23.8 Å². The molecule has 2 aliphatic heterocycles. The Hall–Kier alpha value is -4.36. The van der Waals surface area contributed by atoms with Crippen LogP contribution in [-0.4, -0.2) is 64.9 Å². The number of carboxylic acids is 1. The summed E-state index contributed by atoms with van der Waals surface area (Å²) in [4.78, 5) is 33.4. The van der Waals surface area contributed by atoms with E-state index in [2.05, 4.69) is 27.2 Å².